The Hall–Kier alpha value is -1.02. The second kappa shape index (κ2) is 8.78. The third kappa shape index (κ3) is 5.03. The molecule has 0 radical (unpaired) electrons. The van der Waals surface area contributed by atoms with Crippen LogP contribution in [0.4, 0.5) is 4.39 Å². The molecule has 0 spiro atoms. The Balaban J connectivity index is 1.48. The molecule has 0 saturated carbocycles. The molecule has 26 heavy (non-hydrogen) atoms. The van der Waals surface area contributed by atoms with Gasteiger partial charge in [-0.2, -0.15) is 0 Å². The van der Waals surface area contributed by atoms with E-state index in [2.05, 4.69) is 16.7 Å². The lowest BCUT2D eigenvalue weighted by molar-refractivity contribution is 0.109. The van der Waals surface area contributed by atoms with E-state index < -0.39 is 15.8 Å². The molecule has 0 aliphatic carbocycles. The van der Waals surface area contributed by atoms with Crippen LogP contribution < -0.4 is 0 Å². The fourth-order valence-electron chi connectivity index (χ4n) is 3.93. The molecule has 1 aromatic rings. The van der Waals surface area contributed by atoms with Crippen LogP contribution in [0.3, 0.4) is 0 Å². The van der Waals surface area contributed by atoms with Crippen molar-refractivity contribution in [2.75, 3.05) is 52.4 Å². The molecule has 5 nitrogen and oxygen atoms in total. The maximum absolute atomic E-state index is 13.8. The van der Waals surface area contributed by atoms with Crippen molar-refractivity contribution in [3.63, 3.8) is 0 Å². The molecule has 7 heteroatoms. The van der Waals surface area contributed by atoms with E-state index in [1.807, 2.05) is 0 Å². The smallest absolute Gasteiger partial charge is 0.218 e. The number of piperidine rings is 1. The Labute approximate surface area is 156 Å². The molecule has 1 aromatic carbocycles. The summed E-state index contributed by atoms with van der Waals surface area (Å²) < 4.78 is 40.6. The Morgan fingerprint density at radius 2 is 1.62 bits per heavy atom. The first-order valence-electron chi connectivity index (χ1n) is 9.64. The predicted octanol–water partition coefficient (Wildman–Crippen LogP) is 2.00. The van der Waals surface area contributed by atoms with Crippen LogP contribution in [-0.4, -0.2) is 74.9 Å². The van der Waals surface area contributed by atoms with E-state index in [9.17, 15) is 12.8 Å². The summed E-state index contributed by atoms with van der Waals surface area (Å²) in [6.45, 7) is 9.97. The summed E-state index contributed by atoms with van der Waals surface area (Å²) >= 11 is 0. The summed E-state index contributed by atoms with van der Waals surface area (Å²) in [7, 11) is -3.45. The largest absolute Gasteiger partial charge is 0.301 e. The van der Waals surface area contributed by atoms with E-state index in [1.54, 1.807) is 22.5 Å². The lowest BCUT2D eigenvalue weighted by Crippen LogP contribution is -2.49. The van der Waals surface area contributed by atoms with Gasteiger partial charge in [0.1, 0.15) is 5.82 Å². The van der Waals surface area contributed by atoms with Crippen molar-refractivity contribution in [1.29, 1.82) is 0 Å². The van der Waals surface area contributed by atoms with E-state index in [0.717, 1.165) is 52.1 Å². The number of benzene rings is 1. The number of sulfonamides is 1. The summed E-state index contributed by atoms with van der Waals surface area (Å²) in [5, 5.41) is 0. The summed E-state index contributed by atoms with van der Waals surface area (Å²) in [5.41, 5.74) is 0.253. The number of rotatable bonds is 6. The van der Waals surface area contributed by atoms with Crippen molar-refractivity contribution in [3.05, 3.63) is 35.6 Å². The molecule has 146 valence electrons. The number of piperazine rings is 1. The molecule has 0 amide bonds. The molecule has 0 unspecified atom stereocenters. The minimum absolute atomic E-state index is 0.247. The second-order valence-electron chi connectivity index (χ2n) is 7.42. The second-order valence-corrected chi connectivity index (χ2v) is 9.39. The number of hydrogen-bond donors (Lipinski definition) is 0. The number of halogens is 1. The van der Waals surface area contributed by atoms with E-state index in [4.69, 9.17) is 0 Å². The van der Waals surface area contributed by atoms with Crippen molar-refractivity contribution in [2.24, 2.45) is 5.92 Å². The molecule has 0 aromatic heterocycles. The zero-order valence-corrected chi connectivity index (χ0v) is 16.4. The van der Waals surface area contributed by atoms with Crippen LogP contribution >= 0.6 is 0 Å². The minimum Gasteiger partial charge on any atom is -0.301 e. The van der Waals surface area contributed by atoms with E-state index in [0.29, 0.717) is 19.0 Å². The van der Waals surface area contributed by atoms with Gasteiger partial charge in [0.25, 0.3) is 0 Å². The van der Waals surface area contributed by atoms with Crippen LogP contribution in [-0.2, 0) is 15.8 Å². The average Bonchev–Trinajstić information content (AvgIpc) is 2.65. The van der Waals surface area contributed by atoms with Gasteiger partial charge in [-0.25, -0.2) is 17.1 Å². The third-order valence-electron chi connectivity index (χ3n) is 5.69. The lowest BCUT2D eigenvalue weighted by atomic mass is 9.97. The molecule has 2 aliphatic heterocycles. The van der Waals surface area contributed by atoms with Gasteiger partial charge in [-0.15, -0.1) is 0 Å². The third-order valence-corrected chi connectivity index (χ3v) is 7.52. The number of hydrogen-bond acceptors (Lipinski definition) is 4. The van der Waals surface area contributed by atoms with Crippen molar-refractivity contribution in [2.45, 2.75) is 25.5 Å². The monoisotopic (exact) mass is 383 g/mol. The van der Waals surface area contributed by atoms with Gasteiger partial charge in [0.05, 0.1) is 5.75 Å². The molecule has 0 bridgehead atoms. The minimum atomic E-state index is -3.45. The topological polar surface area (TPSA) is 43.9 Å². The highest BCUT2D eigenvalue weighted by Crippen LogP contribution is 2.23. The first-order valence-corrected chi connectivity index (χ1v) is 11.2. The van der Waals surface area contributed by atoms with Gasteiger partial charge >= 0.3 is 0 Å². The highest BCUT2D eigenvalue weighted by molar-refractivity contribution is 7.88. The highest BCUT2D eigenvalue weighted by atomic mass is 32.2. The summed E-state index contributed by atoms with van der Waals surface area (Å²) in [6.07, 6.45) is 1.79. The molecule has 2 saturated heterocycles. The van der Waals surface area contributed by atoms with Crippen molar-refractivity contribution in [3.8, 4) is 0 Å². The molecule has 2 aliphatic rings. The first-order chi connectivity index (χ1) is 12.5. The first kappa shape index (κ1) is 19.7. The molecule has 0 atom stereocenters. The quantitative estimate of drug-likeness (QED) is 0.754. The number of nitrogens with zero attached hydrogens (tertiary/aromatic N) is 3. The van der Waals surface area contributed by atoms with E-state index in [-0.39, 0.29) is 11.3 Å². The SMILES string of the molecule is CCN1CCN(CC2CCN(S(=O)(=O)Cc3ccccc3F)CC2)CC1. The average molecular weight is 384 g/mol. The van der Waals surface area contributed by atoms with Crippen molar-refractivity contribution < 1.29 is 12.8 Å². The molecular weight excluding hydrogens is 353 g/mol. The number of likely N-dealkylation sites (N-methyl/N-ethyl adjacent to an activating group) is 1. The Kier molecular flexibility index (Phi) is 6.66. The maximum Gasteiger partial charge on any atom is 0.218 e. The van der Waals surface area contributed by atoms with Crippen molar-refractivity contribution in [1.82, 2.24) is 14.1 Å². The van der Waals surface area contributed by atoms with E-state index in [1.165, 1.54) is 6.07 Å². The van der Waals surface area contributed by atoms with Crippen molar-refractivity contribution >= 4 is 10.0 Å². The molecule has 0 N–H and O–H groups in total. The van der Waals surface area contributed by atoms with Gasteiger partial charge in [-0.3, -0.25) is 0 Å². The van der Waals surface area contributed by atoms with Gasteiger partial charge < -0.3 is 9.80 Å². The Morgan fingerprint density at radius 1 is 1.00 bits per heavy atom. The normalized spacial score (nSPS) is 21.9. The standard InChI is InChI=1S/C19H30FN3O2S/c1-2-21-11-13-22(14-12-21)15-17-7-9-23(10-8-17)26(24,25)16-18-5-3-4-6-19(18)20/h3-6,17H,2,7-16H2,1H3. The summed E-state index contributed by atoms with van der Waals surface area (Å²) in [5.74, 6) is -0.135. The molecule has 2 fully saturated rings. The molecule has 3 rings (SSSR count). The molecule has 2 heterocycles. The molecular formula is C19H30FN3O2S. The summed E-state index contributed by atoms with van der Waals surface area (Å²) in [6, 6.07) is 6.13. The van der Waals surface area contributed by atoms with Crippen LogP contribution in [0.2, 0.25) is 0 Å². The fourth-order valence-corrected chi connectivity index (χ4v) is 5.50. The lowest BCUT2D eigenvalue weighted by Gasteiger charge is -2.38. The zero-order valence-electron chi connectivity index (χ0n) is 15.6. The van der Waals surface area contributed by atoms with Gasteiger partial charge in [0, 0.05) is 51.4 Å². The Morgan fingerprint density at radius 3 is 2.23 bits per heavy atom. The fraction of sp³-hybridized carbons (Fsp3) is 0.684. The van der Waals surface area contributed by atoms with Gasteiger partial charge in [0.2, 0.25) is 10.0 Å². The zero-order chi connectivity index (χ0) is 18.6. The highest BCUT2D eigenvalue weighted by Gasteiger charge is 2.30. The maximum atomic E-state index is 13.8. The van der Waals surface area contributed by atoms with Crippen LogP contribution in [0.25, 0.3) is 0 Å². The van der Waals surface area contributed by atoms with Gasteiger partial charge in [-0.05, 0) is 31.4 Å². The van der Waals surface area contributed by atoms with Gasteiger partial charge in [0.15, 0.2) is 0 Å². The Bertz CT molecular complexity index is 682. The van der Waals surface area contributed by atoms with E-state index >= 15 is 0 Å². The van der Waals surface area contributed by atoms with Gasteiger partial charge in [-0.1, -0.05) is 25.1 Å². The van der Waals surface area contributed by atoms with Crippen LogP contribution in [0.15, 0.2) is 24.3 Å². The summed E-state index contributed by atoms with van der Waals surface area (Å²) in [4.78, 5) is 4.98. The predicted molar refractivity (Wildman–Crippen MR) is 102 cm³/mol. The van der Waals surface area contributed by atoms with Crippen LogP contribution in [0.1, 0.15) is 25.3 Å². The van der Waals surface area contributed by atoms with Crippen LogP contribution in [0, 0.1) is 11.7 Å². The van der Waals surface area contributed by atoms with Crippen LogP contribution in [0.5, 0.6) is 0 Å².